The summed E-state index contributed by atoms with van der Waals surface area (Å²) >= 11 is 0. The highest BCUT2D eigenvalue weighted by atomic mass is 16.4. The van der Waals surface area contributed by atoms with Crippen molar-refractivity contribution in [3.63, 3.8) is 0 Å². The van der Waals surface area contributed by atoms with Gasteiger partial charge in [-0.2, -0.15) is 0 Å². The van der Waals surface area contributed by atoms with E-state index in [2.05, 4.69) is 13.8 Å². The fourth-order valence-electron chi connectivity index (χ4n) is 3.92. The first-order valence-electron chi connectivity index (χ1n) is 6.89. The Kier molecular flexibility index (Phi) is 2.32. The number of carboxylic acids is 1. The topological polar surface area (TPSA) is 57.6 Å². The van der Waals surface area contributed by atoms with Gasteiger partial charge in [-0.05, 0) is 30.6 Å². The molecule has 100 valence electrons. The number of fused-ring (bicyclic) bond motifs is 1. The molecule has 18 heavy (non-hydrogen) atoms. The van der Waals surface area contributed by atoms with E-state index in [1.165, 1.54) is 0 Å². The maximum absolute atomic E-state index is 12.4. The molecule has 4 nitrogen and oxygen atoms in total. The van der Waals surface area contributed by atoms with Crippen LogP contribution in [0.5, 0.6) is 0 Å². The lowest BCUT2D eigenvalue weighted by Crippen LogP contribution is -2.38. The molecule has 0 aromatic rings. The molecule has 0 spiro atoms. The van der Waals surface area contributed by atoms with Crippen LogP contribution < -0.4 is 0 Å². The lowest BCUT2D eigenvalue weighted by Gasteiger charge is -2.23. The molecular formula is C14H21NO3. The van der Waals surface area contributed by atoms with Crippen LogP contribution in [0.1, 0.15) is 39.5 Å². The van der Waals surface area contributed by atoms with Crippen molar-refractivity contribution in [1.29, 1.82) is 0 Å². The smallest absolute Gasteiger partial charge is 0.311 e. The molecule has 2 saturated carbocycles. The monoisotopic (exact) mass is 251 g/mol. The van der Waals surface area contributed by atoms with Gasteiger partial charge in [-0.1, -0.05) is 20.3 Å². The number of hydrogen-bond donors (Lipinski definition) is 1. The molecule has 1 aliphatic heterocycles. The number of rotatable bonds is 2. The number of hydrogen-bond acceptors (Lipinski definition) is 2. The largest absolute Gasteiger partial charge is 0.481 e. The highest BCUT2D eigenvalue weighted by molar-refractivity contribution is 5.85. The molecule has 3 fully saturated rings. The molecule has 1 saturated heterocycles. The summed E-state index contributed by atoms with van der Waals surface area (Å²) in [5.74, 6) is -0.201. The summed E-state index contributed by atoms with van der Waals surface area (Å²) in [6.45, 7) is 5.33. The lowest BCUT2D eigenvalue weighted by molar-refractivity contribution is -0.149. The van der Waals surface area contributed by atoms with Crippen LogP contribution in [0.3, 0.4) is 0 Å². The molecule has 3 atom stereocenters. The highest BCUT2D eigenvalue weighted by Crippen LogP contribution is 2.55. The molecule has 0 aromatic heterocycles. The van der Waals surface area contributed by atoms with Crippen LogP contribution in [0.15, 0.2) is 0 Å². The third-order valence-electron chi connectivity index (χ3n) is 5.42. The maximum atomic E-state index is 12.4. The van der Waals surface area contributed by atoms with Crippen LogP contribution >= 0.6 is 0 Å². The van der Waals surface area contributed by atoms with Gasteiger partial charge < -0.3 is 10.0 Å². The molecule has 0 aromatic carbocycles. The average molecular weight is 251 g/mol. The van der Waals surface area contributed by atoms with Crippen LogP contribution in [0, 0.1) is 22.7 Å². The van der Waals surface area contributed by atoms with Crippen LogP contribution in [-0.4, -0.2) is 35.0 Å². The van der Waals surface area contributed by atoms with Crippen molar-refractivity contribution in [3.8, 4) is 0 Å². The van der Waals surface area contributed by atoms with E-state index in [0.717, 1.165) is 25.7 Å². The third kappa shape index (κ3) is 1.50. The zero-order chi connectivity index (χ0) is 13.1. The Morgan fingerprint density at radius 1 is 1.33 bits per heavy atom. The van der Waals surface area contributed by atoms with Gasteiger partial charge in [-0.25, -0.2) is 0 Å². The number of amides is 1. The first-order valence-corrected chi connectivity index (χ1v) is 6.89. The van der Waals surface area contributed by atoms with Gasteiger partial charge in [0, 0.05) is 19.0 Å². The van der Waals surface area contributed by atoms with Gasteiger partial charge in [-0.15, -0.1) is 0 Å². The third-order valence-corrected chi connectivity index (χ3v) is 5.42. The number of aliphatic carboxylic acids is 1. The molecule has 3 aliphatic rings. The molecule has 4 heteroatoms. The Balaban J connectivity index is 1.75. The average Bonchev–Trinajstić information content (AvgIpc) is 2.63. The fraction of sp³-hybridized carbons (Fsp3) is 0.857. The molecule has 0 bridgehead atoms. The number of carboxylic acid groups (broad SMARTS) is 1. The molecule has 3 rings (SSSR count). The molecule has 2 aliphatic carbocycles. The number of likely N-dealkylation sites (tertiary alicyclic amines) is 1. The van der Waals surface area contributed by atoms with Crippen molar-refractivity contribution in [2.75, 3.05) is 13.1 Å². The summed E-state index contributed by atoms with van der Waals surface area (Å²) in [5.41, 5.74) is -0.500. The van der Waals surface area contributed by atoms with Crippen molar-refractivity contribution in [2.24, 2.45) is 22.7 Å². The van der Waals surface area contributed by atoms with E-state index in [1.54, 1.807) is 0 Å². The van der Waals surface area contributed by atoms with Gasteiger partial charge in [0.05, 0.1) is 5.41 Å². The molecular weight excluding hydrogens is 230 g/mol. The van der Waals surface area contributed by atoms with Crippen molar-refractivity contribution >= 4 is 11.9 Å². The molecule has 1 amide bonds. The summed E-state index contributed by atoms with van der Waals surface area (Å²) in [6, 6.07) is 0. The van der Waals surface area contributed by atoms with Crippen LogP contribution in [0.2, 0.25) is 0 Å². The van der Waals surface area contributed by atoms with Crippen LogP contribution in [0.4, 0.5) is 0 Å². The van der Waals surface area contributed by atoms with E-state index >= 15 is 0 Å². The Bertz CT molecular complexity index is 417. The van der Waals surface area contributed by atoms with Gasteiger partial charge in [0.1, 0.15) is 0 Å². The quantitative estimate of drug-likeness (QED) is 0.813. The second-order valence-electron chi connectivity index (χ2n) is 7.01. The van der Waals surface area contributed by atoms with Gasteiger partial charge in [0.25, 0.3) is 0 Å². The first-order chi connectivity index (χ1) is 8.37. The van der Waals surface area contributed by atoms with Crippen molar-refractivity contribution in [2.45, 2.75) is 39.5 Å². The molecule has 0 radical (unpaired) electrons. The standard InChI is InChI=1S/C14H21NO3/c1-13(2)6-10(13)11(16)15-7-9-4-3-5-14(9,8-15)12(17)18/h9-10H,3-8H2,1-2H3,(H,17,18)/t9-,10+,14+/m0/s1. The van der Waals surface area contributed by atoms with Crippen LogP contribution in [0.25, 0.3) is 0 Å². The van der Waals surface area contributed by atoms with E-state index in [-0.39, 0.29) is 23.2 Å². The number of carbonyl (C=O) groups is 2. The normalized spacial score (nSPS) is 40.7. The molecule has 1 N–H and O–H groups in total. The highest BCUT2D eigenvalue weighted by Gasteiger charge is 2.59. The predicted octanol–water partition coefficient (Wildman–Crippen LogP) is 1.75. The van der Waals surface area contributed by atoms with Gasteiger partial charge >= 0.3 is 5.97 Å². The minimum Gasteiger partial charge on any atom is -0.481 e. The van der Waals surface area contributed by atoms with Crippen molar-refractivity contribution in [3.05, 3.63) is 0 Å². The summed E-state index contributed by atoms with van der Waals surface area (Å²) in [4.78, 5) is 25.7. The summed E-state index contributed by atoms with van der Waals surface area (Å²) < 4.78 is 0. The van der Waals surface area contributed by atoms with E-state index in [0.29, 0.717) is 13.1 Å². The maximum Gasteiger partial charge on any atom is 0.311 e. The number of nitrogens with zero attached hydrogens (tertiary/aromatic N) is 1. The van der Waals surface area contributed by atoms with Crippen molar-refractivity contribution in [1.82, 2.24) is 4.90 Å². The predicted molar refractivity (Wildman–Crippen MR) is 65.9 cm³/mol. The fourth-order valence-corrected chi connectivity index (χ4v) is 3.92. The van der Waals surface area contributed by atoms with Gasteiger partial charge in [-0.3, -0.25) is 9.59 Å². The summed E-state index contributed by atoms with van der Waals surface area (Å²) in [6.07, 6.45) is 3.65. The second-order valence-corrected chi connectivity index (χ2v) is 7.01. The first kappa shape index (κ1) is 12.0. The SMILES string of the molecule is CC1(C)C[C@@H]1C(=O)N1C[C@@H]2CCC[C@@]2(C(=O)O)C1. The van der Waals surface area contributed by atoms with E-state index in [1.807, 2.05) is 4.90 Å². The molecule has 0 unspecified atom stereocenters. The lowest BCUT2D eigenvalue weighted by atomic mass is 9.81. The zero-order valence-corrected chi connectivity index (χ0v) is 11.1. The van der Waals surface area contributed by atoms with Crippen LogP contribution in [-0.2, 0) is 9.59 Å². The van der Waals surface area contributed by atoms with E-state index in [9.17, 15) is 14.7 Å². The van der Waals surface area contributed by atoms with Gasteiger partial charge in [0.15, 0.2) is 0 Å². The number of carbonyl (C=O) groups excluding carboxylic acids is 1. The van der Waals surface area contributed by atoms with E-state index < -0.39 is 11.4 Å². The summed E-state index contributed by atoms with van der Waals surface area (Å²) in [7, 11) is 0. The van der Waals surface area contributed by atoms with Gasteiger partial charge in [0.2, 0.25) is 5.91 Å². The Hall–Kier alpha value is -1.06. The Labute approximate surface area is 107 Å². The summed E-state index contributed by atoms with van der Waals surface area (Å²) in [5, 5.41) is 9.49. The van der Waals surface area contributed by atoms with Crippen molar-refractivity contribution < 1.29 is 14.7 Å². The minimum absolute atomic E-state index is 0.127. The zero-order valence-electron chi connectivity index (χ0n) is 11.1. The Morgan fingerprint density at radius 2 is 2.00 bits per heavy atom. The molecule has 1 heterocycles. The second kappa shape index (κ2) is 3.49. The Morgan fingerprint density at radius 3 is 2.50 bits per heavy atom. The minimum atomic E-state index is -0.699. The van der Waals surface area contributed by atoms with E-state index in [4.69, 9.17) is 0 Å².